The molecule has 0 heterocycles. The van der Waals surface area contributed by atoms with Crippen LogP contribution in [-0.2, 0) is 0 Å². The summed E-state index contributed by atoms with van der Waals surface area (Å²) in [6, 6.07) is 9.07. The first-order valence-electron chi connectivity index (χ1n) is 7.24. The Hall–Kier alpha value is -0.380. The average molecular weight is 325 g/mol. The molecule has 1 aromatic carbocycles. The van der Waals surface area contributed by atoms with Crippen molar-refractivity contribution >= 4 is 15.9 Å². The number of benzene rings is 1. The Bertz CT molecular complexity index is 421. The van der Waals surface area contributed by atoms with E-state index in [2.05, 4.69) is 66.0 Å². The third-order valence-electron chi connectivity index (χ3n) is 4.34. The smallest absolute Gasteiger partial charge is 0.0496 e. The molecular weight excluding hydrogens is 300 g/mol. The topological polar surface area (TPSA) is 29.3 Å². The van der Waals surface area contributed by atoms with E-state index in [1.54, 1.807) is 0 Å². The molecule has 1 fully saturated rings. The maximum Gasteiger partial charge on any atom is 0.0496 e. The van der Waals surface area contributed by atoms with Gasteiger partial charge in [-0.25, -0.2) is 0 Å². The molecule has 0 spiro atoms. The van der Waals surface area contributed by atoms with Gasteiger partial charge in [-0.2, -0.15) is 0 Å². The van der Waals surface area contributed by atoms with E-state index < -0.39 is 0 Å². The van der Waals surface area contributed by atoms with Crippen molar-refractivity contribution in [3.63, 3.8) is 0 Å². The summed E-state index contributed by atoms with van der Waals surface area (Å²) in [7, 11) is 2.21. The normalized spacial score (nSPS) is 25.4. The minimum atomic E-state index is 0.188. The Balaban J connectivity index is 2.15. The largest absolute Gasteiger partial charge is 0.326 e. The van der Waals surface area contributed by atoms with Crippen molar-refractivity contribution in [2.24, 2.45) is 17.6 Å². The molecule has 4 unspecified atom stereocenters. The lowest BCUT2D eigenvalue weighted by atomic mass is 9.96. The molecule has 4 atom stereocenters. The lowest BCUT2D eigenvalue weighted by Gasteiger charge is -2.33. The number of hydrogen-bond acceptors (Lipinski definition) is 2. The van der Waals surface area contributed by atoms with Crippen molar-refractivity contribution < 1.29 is 0 Å². The molecule has 2 nitrogen and oxygen atoms in total. The van der Waals surface area contributed by atoms with Gasteiger partial charge in [-0.1, -0.05) is 41.9 Å². The van der Waals surface area contributed by atoms with Gasteiger partial charge >= 0.3 is 0 Å². The summed E-state index contributed by atoms with van der Waals surface area (Å²) in [6.45, 7) is 5.67. The third-order valence-corrected chi connectivity index (χ3v) is 4.83. The summed E-state index contributed by atoms with van der Waals surface area (Å²) in [4.78, 5) is 2.45. The quantitative estimate of drug-likeness (QED) is 0.862. The molecule has 3 heteroatoms. The summed E-state index contributed by atoms with van der Waals surface area (Å²) >= 11 is 3.56. The molecule has 19 heavy (non-hydrogen) atoms. The lowest BCUT2D eigenvalue weighted by molar-refractivity contribution is 0.199. The highest BCUT2D eigenvalue weighted by Gasteiger charge is 2.35. The van der Waals surface area contributed by atoms with Crippen LogP contribution in [0.3, 0.4) is 0 Å². The molecule has 0 aromatic heterocycles. The minimum absolute atomic E-state index is 0.188. The number of hydrogen-bond donors (Lipinski definition) is 1. The second-order valence-electron chi connectivity index (χ2n) is 5.98. The monoisotopic (exact) mass is 324 g/mol. The van der Waals surface area contributed by atoms with Crippen molar-refractivity contribution in [2.45, 2.75) is 38.8 Å². The van der Waals surface area contributed by atoms with Crippen LogP contribution >= 0.6 is 15.9 Å². The van der Waals surface area contributed by atoms with E-state index in [-0.39, 0.29) is 6.04 Å². The minimum Gasteiger partial charge on any atom is -0.326 e. The first-order valence-corrected chi connectivity index (χ1v) is 8.03. The van der Waals surface area contributed by atoms with Gasteiger partial charge in [-0.15, -0.1) is 0 Å². The number of nitrogens with two attached hydrogens (primary N) is 1. The highest BCUT2D eigenvalue weighted by atomic mass is 79.9. The molecule has 1 aromatic rings. The summed E-state index contributed by atoms with van der Waals surface area (Å²) in [5.41, 5.74) is 7.69. The maximum absolute atomic E-state index is 6.37. The molecule has 2 N–H and O–H groups in total. The molecule has 0 amide bonds. The number of likely N-dealkylation sites (N-methyl/N-ethyl adjacent to an activating group) is 1. The number of halogens is 1. The molecule has 0 radical (unpaired) electrons. The standard InChI is InChI=1S/C16H25BrN2/c1-4-15(18)16(12-6-5-7-14(17)9-12)19(3)10-13-8-11(13)2/h5-7,9,11,13,15-16H,4,8,10,18H2,1-3H3. The fourth-order valence-corrected chi connectivity index (χ4v) is 3.30. The van der Waals surface area contributed by atoms with Crippen molar-refractivity contribution in [3.8, 4) is 0 Å². The molecule has 1 saturated carbocycles. The third kappa shape index (κ3) is 3.80. The zero-order valence-electron chi connectivity index (χ0n) is 12.1. The Kier molecular flexibility index (Phi) is 5.04. The van der Waals surface area contributed by atoms with E-state index in [0.717, 1.165) is 29.3 Å². The van der Waals surface area contributed by atoms with E-state index in [0.29, 0.717) is 6.04 Å². The van der Waals surface area contributed by atoms with Gasteiger partial charge in [0.15, 0.2) is 0 Å². The van der Waals surface area contributed by atoms with E-state index in [1.165, 1.54) is 12.0 Å². The van der Waals surface area contributed by atoms with Crippen LogP contribution in [0.25, 0.3) is 0 Å². The van der Waals surface area contributed by atoms with Gasteiger partial charge in [-0.3, -0.25) is 4.90 Å². The zero-order valence-corrected chi connectivity index (χ0v) is 13.7. The predicted molar refractivity (Wildman–Crippen MR) is 85.1 cm³/mol. The average Bonchev–Trinajstić information content (AvgIpc) is 3.04. The Morgan fingerprint density at radius 1 is 1.47 bits per heavy atom. The molecule has 2 rings (SSSR count). The van der Waals surface area contributed by atoms with E-state index >= 15 is 0 Å². The second kappa shape index (κ2) is 6.38. The van der Waals surface area contributed by atoms with Crippen LogP contribution in [0.4, 0.5) is 0 Å². The van der Waals surface area contributed by atoms with Crippen LogP contribution in [0.5, 0.6) is 0 Å². The highest BCUT2D eigenvalue weighted by Crippen LogP contribution is 2.39. The van der Waals surface area contributed by atoms with E-state index in [9.17, 15) is 0 Å². The Labute approximate surface area is 125 Å². The molecule has 1 aliphatic carbocycles. The van der Waals surface area contributed by atoms with Crippen molar-refractivity contribution in [3.05, 3.63) is 34.3 Å². The van der Waals surface area contributed by atoms with Gasteiger partial charge in [0.05, 0.1) is 0 Å². The van der Waals surface area contributed by atoms with E-state index in [1.807, 2.05) is 0 Å². The SMILES string of the molecule is CCC(N)C(c1cccc(Br)c1)N(C)CC1CC1C. The van der Waals surface area contributed by atoms with E-state index in [4.69, 9.17) is 5.73 Å². The first kappa shape index (κ1) is 15.0. The maximum atomic E-state index is 6.37. The van der Waals surface area contributed by atoms with Crippen LogP contribution in [0.2, 0.25) is 0 Å². The Morgan fingerprint density at radius 3 is 2.68 bits per heavy atom. The van der Waals surface area contributed by atoms with Gasteiger partial charge in [0.25, 0.3) is 0 Å². The van der Waals surface area contributed by atoms with Crippen LogP contribution in [0.15, 0.2) is 28.7 Å². The molecule has 106 valence electrons. The van der Waals surface area contributed by atoms with Crippen LogP contribution in [-0.4, -0.2) is 24.5 Å². The highest BCUT2D eigenvalue weighted by molar-refractivity contribution is 9.10. The fraction of sp³-hybridized carbons (Fsp3) is 0.625. The first-order chi connectivity index (χ1) is 9.02. The zero-order chi connectivity index (χ0) is 14.0. The van der Waals surface area contributed by atoms with Gasteiger partial charge in [0.1, 0.15) is 0 Å². The summed E-state index contributed by atoms with van der Waals surface area (Å²) < 4.78 is 1.13. The molecule has 0 bridgehead atoms. The van der Waals surface area contributed by atoms with Gasteiger partial charge in [0, 0.05) is 23.1 Å². The van der Waals surface area contributed by atoms with Crippen LogP contribution < -0.4 is 5.73 Å². The van der Waals surface area contributed by atoms with Gasteiger partial charge < -0.3 is 5.73 Å². The summed E-state index contributed by atoms with van der Waals surface area (Å²) in [5, 5.41) is 0. The lowest BCUT2D eigenvalue weighted by Crippen LogP contribution is -2.39. The summed E-state index contributed by atoms with van der Waals surface area (Å²) in [5.74, 6) is 1.76. The molecular formula is C16H25BrN2. The van der Waals surface area contributed by atoms with Gasteiger partial charge in [0.2, 0.25) is 0 Å². The number of rotatable bonds is 6. The van der Waals surface area contributed by atoms with Crippen molar-refractivity contribution in [2.75, 3.05) is 13.6 Å². The van der Waals surface area contributed by atoms with Crippen molar-refractivity contribution in [1.29, 1.82) is 0 Å². The van der Waals surface area contributed by atoms with Crippen molar-refractivity contribution in [1.82, 2.24) is 4.90 Å². The van der Waals surface area contributed by atoms with Crippen LogP contribution in [0, 0.1) is 11.8 Å². The fourth-order valence-electron chi connectivity index (χ4n) is 2.88. The molecule has 0 saturated heterocycles. The molecule has 1 aliphatic rings. The summed E-state index contributed by atoms with van der Waals surface area (Å²) in [6.07, 6.45) is 2.37. The van der Waals surface area contributed by atoms with Gasteiger partial charge in [-0.05, 0) is 49.4 Å². The van der Waals surface area contributed by atoms with Crippen LogP contribution in [0.1, 0.15) is 38.3 Å². The second-order valence-corrected chi connectivity index (χ2v) is 6.90. The molecule has 0 aliphatic heterocycles. The Morgan fingerprint density at radius 2 is 2.16 bits per heavy atom. The number of nitrogens with zero attached hydrogens (tertiary/aromatic N) is 1. The predicted octanol–water partition coefficient (Wildman–Crippen LogP) is 3.82.